The van der Waals surface area contributed by atoms with E-state index in [1.54, 1.807) is 7.11 Å². The Morgan fingerprint density at radius 3 is 3.04 bits per heavy atom. The van der Waals surface area contributed by atoms with Gasteiger partial charge >= 0.3 is 31.1 Å². The van der Waals surface area contributed by atoms with Gasteiger partial charge in [-0.1, -0.05) is 12.1 Å². The van der Waals surface area contributed by atoms with Gasteiger partial charge in [0.25, 0.3) is 0 Å². The molecule has 0 spiro atoms. The van der Waals surface area contributed by atoms with Crippen LogP contribution in [0.25, 0.3) is 0 Å². The first-order valence-corrected chi connectivity index (χ1v) is 9.49. The van der Waals surface area contributed by atoms with Gasteiger partial charge in [-0.05, 0) is 56.0 Å². The Morgan fingerprint density at radius 2 is 2.37 bits per heavy atom. The molecule has 2 aliphatic rings. The summed E-state index contributed by atoms with van der Waals surface area (Å²) in [6, 6.07) is 6.24. The Morgan fingerprint density at radius 1 is 1.52 bits per heavy atom. The second-order valence-corrected chi connectivity index (χ2v) is 7.08. The molecule has 0 radical (unpaired) electrons. The third-order valence-corrected chi connectivity index (χ3v) is 5.71. The summed E-state index contributed by atoms with van der Waals surface area (Å²) in [6.07, 6.45) is 13.1. The van der Waals surface area contributed by atoms with Crippen LogP contribution in [0.1, 0.15) is 31.9 Å². The normalized spacial score (nSPS) is 29.9. The number of pyridine rings is 1. The monoisotopic (exact) mass is 592 g/mol. The number of ether oxygens (including phenoxy) is 2. The van der Waals surface area contributed by atoms with E-state index in [1.165, 1.54) is 5.69 Å². The number of nitrogens with zero attached hydrogens (tertiary/aromatic N) is 1. The number of allylic oxidation sites excluding steroid dienone is 2. The van der Waals surface area contributed by atoms with Gasteiger partial charge in [-0.3, -0.25) is 11.4 Å². The van der Waals surface area contributed by atoms with Crippen LogP contribution in [0.4, 0.5) is 0 Å². The summed E-state index contributed by atoms with van der Waals surface area (Å²) in [5.41, 5.74) is 1.09. The summed E-state index contributed by atoms with van der Waals surface area (Å²) in [6.45, 7) is 8.60. The SMILES string of the molecule is [CH2-]C[C@@]12[CH-][C@@H]1[C@@](CCNC/C=C(/C=C\C)OC)(c1ccccn1)CCO2.[U+2]. The third-order valence-electron chi connectivity index (χ3n) is 5.71. The molecular weight excluding hydrogens is 562 g/mol. The second-order valence-electron chi connectivity index (χ2n) is 7.08. The molecule has 5 heteroatoms. The van der Waals surface area contributed by atoms with Crippen LogP contribution in [-0.2, 0) is 14.9 Å². The molecule has 0 amide bonds. The van der Waals surface area contributed by atoms with Gasteiger partial charge in [-0.2, -0.15) is 12.3 Å². The molecule has 1 saturated heterocycles. The van der Waals surface area contributed by atoms with Crippen molar-refractivity contribution in [2.24, 2.45) is 5.92 Å². The largest absolute Gasteiger partial charge is 2.00 e. The molecule has 0 aromatic carbocycles. The van der Waals surface area contributed by atoms with Crippen molar-refractivity contribution >= 4 is 0 Å². The van der Waals surface area contributed by atoms with Crippen LogP contribution in [0.5, 0.6) is 0 Å². The van der Waals surface area contributed by atoms with Gasteiger partial charge in [0.2, 0.25) is 0 Å². The van der Waals surface area contributed by atoms with E-state index in [1.807, 2.05) is 31.3 Å². The number of methoxy groups -OCH3 is 1. The molecule has 2 heterocycles. The molecule has 0 bridgehead atoms. The summed E-state index contributed by atoms with van der Waals surface area (Å²) < 4.78 is 11.4. The molecule has 3 rings (SSSR count). The van der Waals surface area contributed by atoms with Crippen LogP contribution in [0, 0.1) is 50.4 Å². The molecule has 27 heavy (non-hydrogen) atoms. The zero-order valence-electron chi connectivity index (χ0n) is 16.4. The van der Waals surface area contributed by atoms with Crippen molar-refractivity contribution in [2.45, 2.75) is 37.2 Å². The average Bonchev–Trinajstić information content (AvgIpc) is 3.44. The maximum Gasteiger partial charge on any atom is 2.00 e. The van der Waals surface area contributed by atoms with E-state index in [2.05, 4.69) is 36.9 Å². The van der Waals surface area contributed by atoms with Crippen LogP contribution < -0.4 is 5.32 Å². The van der Waals surface area contributed by atoms with E-state index in [-0.39, 0.29) is 42.1 Å². The van der Waals surface area contributed by atoms with Crippen molar-refractivity contribution < 1.29 is 40.6 Å². The topological polar surface area (TPSA) is 43.4 Å². The van der Waals surface area contributed by atoms with Gasteiger partial charge in [-0.15, -0.1) is 5.60 Å². The van der Waals surface area contributed by atoms with Crippen LogP contribution in [-0.4, -0.2) is 37.4 Å². The summed E-state index contributed by atoms with van der Waals surface area (Å²) >= 11 is 0. The Bertz CT molecular complexity index is 649. The smallest absolute Gasteiger partial charge is 0.497 e. The third kappa shape index (κ3) is 4.88. The van der Waals surface area contributed by atoms with Crippen molar-refractivity contribution in [1.29, 1.82) is 0 Å². The van der Waals surface area contributed by atoms with Crippen molar-refractivity contribution in [3.05, 3.63) is 67.4 Å². The van der Waals surface area contributed by atoms with Crippen LogP contribution in [0.15, 0.2) is 48.4 Å². The molecule has 1 N–H and O–H groups in total. The zero-order valence-corrected chi connectivity index (χ0v) is 20.6. The van der Waals surface area contributed by atoms with Gasteiger partial charge in [0, 0.05) is 25.0 Å². The minimum absolute atomic E-state index is 0. The summed E-state index contributed by atoms with van der Waals surface area (Å²) in [5.74, 6) is 1.29. The van der Waals surface area contributed by atoms with Crippen molar-refractivity contribution in [1.82, 2.24) is 10.3 Å². The second kappa shape index (κ2) is 10.3. The summed E-state index contributed by atoms with van der Waals surface area (Å²) in [4.78, 5) is 4.72. The Kier molecular flexibility index (Phi) is 8.62. The molecule has 1 aliphatic heterocycles. The van der Waals surface area contributed by atoms with E-state index >= 15 is 0 Å². The molecule has 1 aromatic heterocycles. The molecule has 144 valence electrons. The van der Waals surface area contributed by atoms with Crippen molar-refractivity contribution in [2.75, 3.05) is 26.8 Å². The molecule has 3 atom stereocenters. The first-order chi connectivity index (χ1) is 12.7. The molecule has 4 nitrogen and oxygen atoms in total. The first-order valence-electron chi connectivity index (χ1n) is 9.49. The number of nitrogens with one attached hydrogen (secondary N) is 1. The molecule has 1 saturated carbocycles. The Hall–Kier alpha value is -0.598. The molecule has 2 fully saturated rings. The van der Waals surface area contributed by atoms with Crippen LogP contribution >= 0.6 is 0 Å². The van der Waals surface area contributed by atoms with Crippen molar-refractivity contribution in [3.8, 4) is 0 Å². The predicted molar refractivity (Wildman–Crippen MR) is 104 cm³/mol. The summed E-state index contributed by atoms with van der Waals surface area (Å²) in [5, 5.41) is 3.53. The first kappa shape index (κ1) is 22.7. The van der Waals surface area contributed by atoms with Gasteiger partial charge < -0.3 is 21.7 Å². The van der Waals surface area contributed by atoms with Gasteiger partial charge in [0.15, 0.2) is 0 Å². The average molecular weight is 593 g/mol. The Labute approximate surface area is 187 Å². The fourth-order valence-electron chi connectivity index (χ4n) is 4.21. The fraction of sp³-hybridized carbons (Fsp3) is 0.500. The van der Waals surface area contributed by atoms with Crippen LogP contribution in [0.2, 0.25) is 0 Å². The van der Waals surface area contributed by atoms with E-state index in [4.69, 9.17) is 14.5 Å². The van der Waals surface area contributed by atoms with Crippen molar-refractivity contribution in [3.63, 3.8) is 0 Å². The molecule has 1 aliphatic carbocycles. The van der Waals surface area contributed by atoms with Gasteiger partial charge in [0.1, 0.15) is 5.76 Å². The number of rotatable bonds is 9. The van der Waals surface area contributed by atoms with E-state index in [0.717, 1.165) is 44.7 Å². The maximum atomic E-state index is 6.07. The summed E-state index contributed by atoms with van der Waals surface area (Å²) in [7, 11) is 1.70. The molecular formula is C22H30N2O2U. The van der Waals surface area contributed by atoms with E-state index < -0.39 is 0 Å². The molecule has 0 unspecified atom stereocenters. The quantitative estimate of drug-likeness (QED) is 0.206. The Balaban J connectivity index is 0.00000261. The zero-order chi connectivity index (χ0) is 18.5. The van der Waals surface area contributed by atoms with E-state index in [9.17, 15) is 0 Å². The minimum atomic E-state index is -0.134. The number of hydrogen-bond acceptors (Lipinski definition) is 4. The molecule has 1 aromatic rings. The minimum Gasteiger partial charge on any atom is -0.497 e. The number of hydrogen-bond donors (Lipinski definition) is 1. The van der Waals surface area contributed by atoms with Crippen LogP contribution in [0.3, 0.4) is 0 Å². The number of aromatic nitrogens is 1. The van der Waals surface area contributed by atoms with E-state index in [0.29, 0.717) is 5.92 Å². The van der Waals surface area contributed by atoms with Gasteiger partial charge in [-0.25, -0.2) is 0 Å². The predicted octanol–water partition coefficient (Wildman–Crippen LogP) is 3.62. The maximum absolute atomic E-state index is 6.07. The van der Waals surface area contributed by atoms with Gasteiger partial charge in [0.05, 0.1) is 7.11 Å². The number of fused-ring (bicyclic) bond motifs is 1. The standard InChI is InChI=1S/C22H30N2O2.U/c1-4-8-18(25-3)10-14-23-15-11-21(20-9-6-7-13-24-20)12-16-26-22(5-2)17-19(21)22;/h4,6-10,13,17,19,23H,2,5,11-12,14-16H2,1,3H3;/q-2;+2/b8-4-,18-10-;/t19-,21+,22-;/m1./s1. The fourth-order valence-corrected chi connectivity index (χ4v) is 4.21.